The average Bonchev–Trinajstić information content (AvgIpc) is 3.15. The van der Waals surface area contributed by atoms with Crippen LogP contribution in [0.1, 0.15) is 16.7 Å². The van der Waals surface area contributed by atoms with Gasteiger partial charge in [0, 0.05) is 5.56 Å². The predicted molar refractivity (Wildman–Crippen MR) is 126 cm³/mol. The molecule has 4 rings (SSSR count). The number of carbonyl (C=O) groups is 1. The molecule has 0 radical (unpaired) electrons. The smallest absolute Gasteiger partial charge is 0.298 e. The lowest BCUT2D eigenvalue weighted by atomic mass is 10.2. The van der Waals surface area contributed by atoms with E-state index in [4.69, 9.17) is 4.74 Å². The molecule has 1 heterocycles. The number of benzene rings is 3. The fourth-order valence-corrected chi connectivity index (χ4v) is 3.12. The summed E-state index contributed by atoms with van der Waals surface area (Å²) < 4.78 is 5.13. The van der Waals surface area contributed by atoms with Crippen molar-refractivity contribution >= 4 is 24.0 Å². The van der Waals surface area contributed by atoms with Crippen LogP contribution in [-0.2, 0) is 4.79 Å². The summed E-state index contributed by atoms with van der Waals surface area (Å²) in [5, 5.41) is 15.4. The zero-order chi connectivity index (χ0) is 22.3. The summed E-state index contributed by atoms with van der Waals surface area (Å²) >= 11 is 0. The second-order valence-electron chi connectivity index (χ2n) is 6.92. The Balaban J connectivity index is 1.64. The van der Waals surface area contributed by atoms with Crippen molar-refractivity contribution in [3.63, 3.8) is 0 Å². The van der Waals surface area contributed by atoms with Crippen molar-refractivity contribution in [2.75, 3.05) is 7.11 Å². The third-order valence-electron chi connectivity index (χ3n) is 4.74. The molecule has 158 valence electrons. The highest BCUT2D eigenvalue weighted by Gasteiger charge is 2.30. The number of allylic oxidation sites excluding steroid dienone is 2. The maximum atomic E-state index is 13.1. The molecule has 32 heavy (non-hydrogen) atoms. The third-order valence-corrected chi connectivity index (χ3v) is 4.74. The molecule has 3 aromatic carbocycles. The average molecular weight is 423 g/mol. The highest BCUT2D eigenvalue weighted by atomic mass is 16.5. The number of phenols is 1. The Morgan fingerprint density at radius 1 is 0.969 bits per heavy atom. The highest BCUT2D eigenvalue weighted by molar-refractivity contribution is 6.18. The van der Waals surface area contributed by atoms with E-state index in [-0.39, 0.29) is 17.4 Å². The maximum Gasteiger partial charge on any atom is 0.298 e. The number of nitrogens with zero attached hydrogens (tertiary/aromatic N) is 3. The number of ether oxygens (including phenoxy) is 1. The summed E-state index contributed by atoms with van der Waals surface area (Å²) in [6.07, 6.45) is 6.91. The minimum Gasteiger partial charge on any atom is -0.504 e. The number of hydrogen-bond acceptors (Lipinski definition) is 5. The Hall–Kier alpha value is -4.45. The van der Waals surface area contributed by atoms with Crippen molar-refractivity contribution in [1.29, 1.82) is 0 Å². The minimum atomic E-state index is -0.330. The van der Waals surface area contributed by atoms with Crippen LogP contribution in [0.25, 0.3) is 6.08 Å². The van der Waals surface area contributed by atoms with Crippen molar-refractivity contribution in [3.8, 4) is 11.5 Å². The van der Waals surface area contributed by atoms with Gasteiger partial charge in [0.05, 0.1) is 13.3 Å². The zero-order valence-electron chi connectivity index (χ0n) is 17.4. The van der Waals surface area contributed by atoms with E-state index in [2.05, 4.69) is 10.1 Å². The van der Waals surface area contributed by atoms with Gasteiger partial charge in [0.25, 0.3) is 5.91 Å². The van der Waals surface area contributed by atoms with Crippen LogP contribution >= 0.6 is 0 Å². The maximum absolute atomic E-state index is 13.1. The summed E-state index contributed by atoms with van der Waals surface area (Å²) in [5.41, 5.74) is 2.76. The van der Waals surface area contributed by atoms with Crippen molar-refractivity contribution in [2.24, 2.45) is 10.1 Å². The van der Waals surface area contributed by atoms with Gasteiger partial charge in [0.1, 0.15) is 5.70 Å². The van der Waals surface area contributed by atoms with Crippen molar-refractivity contribution in [2.45, 2.75) is 0 Å². The van der Waals surface area contributed by atoms with Crippen LogP contribution < -0.4 is 4.74 Å². The second kappa shape index (κ2) is 9.57. The monoisotopic (exact) mass is 423 g/mol. The normalized spacial score (nSPS) is 15.2. The van der Waals surface area contributed by atoms with Crippen LogP contribution in [0.5, 0.6) is 11.5 Å². The van der Waals surface area contributed by atoms with Gasteiger partial charge in [-0.25, -0.2) is 4.99 Å². The first-order valence-corrected chi connectivity index (χ1v) is 9.98. The van der Waals surface area contributed by atoms with Gasteiger partial charge in [-0.15, -0.1) is 0 Å². The second-order valence-corrected chi connectivity index (χ2v) is 6.92. The lowest BCUT2D eigenvalue weighted by Crippen LogP contribution is -2.27. The topological polar surface area (TPSA) is 74.5 Å². The largest absolute Gasteiger partial charge is 0.504 e. The van der Waals surface area contributed by atoms with E-state index in [1.165, 1.54) is 24.4 Å². The SMILES string of the molecule is COc1cc(/C=N/N2C(=O)C(=CC=Cc3ccccc3)N=C2c2ccccc2)ccc1O. The van der Waals surface area contributed by atoms with Crippen LogP contribution in [0, 0.1) is 0 Å². The van der Waals surface area contributed by atoms with E-state index in [1.807, 2.05) is 66.7 Å². The number of amides is 1. The lowest BCUT2D eigenvalue weighted by Gasteiger charge is -2.12. The van der Waals surface area contributed by atoms with Crippen molar-refractivity contribution in [1.82, 2.24) is 5.01 Å². The van der Waals surface area contributed by atoms with Crippen LogP contribution in [0.4, 0.5) is 0 Å². The molecule has 6 nitrogen and oxygen atoms in total. The van der Waals surface area contributed by atoms with E-state index < -0.39 is 0 Å². The van der Waals surface area contributed by atoms with Gasteiger partial charge in [-0.2, -0.15) is 10.1 Å². The third kappa shape index (κ3) is 4.65. The van der Waals surface area contributed by atoms with E-state index >= 15 is 0 Å². The van der Waals surface area contributed by atoms with Gasteiger partial charge >= 0.3 is 0 Å². The summed E-state index contributed by atoms with van der Waals surface area (Å²) in [6, 6.07) is 24.1. The predicted octanol–water partition coefficient (Wildman–Crippen LogP) is 4.62. The van der Waals surface area contributed by atoms with Crippen LogP contribution in [0.15, 0.2) is 107 Å². The molecule has 0 atom stereocenters. The Labute approximate surface area is 186 Å². The van der Waals surface area contributed by atoms with Gasteiger partial charge in [-0.3, -0.25) is 4.79 Å². The molecule has 0 fully saturated rings. The zero-order valence-corrected chi connectivity index (χ0v) is 17.4. The number of hydrazone groups is 1. The number of carbonyl (C=O) groups excluding carboxylic acids is 1. The molecular formula is C26H21N3O3. The standard InChI is InChI=1S/C26H21N3O3/c1-32-24-17-20(15-16-23(24)30)18-27-29-25(21-12-6-3-7-13-21)28-22(26(29)31)14-8-11-19-9-4-2-5-10-19/h2-18,30H,1H3/b11-8?,22-14?,27-18+. The fourth-order valence-electron chi connectivity index (χ4n) is 3.12. The minimum absolute atomic E-state index is 0.0314. The summed E-state index contributed by atoms with van der Waals surface area (Å²) in [6.45, 7) is 0. The summed E-state index contributed by atoms with van der Waals surface area (Å²) in [7, 11) is 1.47. The molecule has 0 unspecified atom stereocenters. The van der Waals surface area contributed by atoms with Crippen molar-refractivity contribution < 1.29 is 14.6 Å². The highest BCUT2D eigenvalue weighted by Crippen LogP contribution is 2.26. The number of rotatable bonds is 6. The van der Waals surface area contributed by atoms with Gasteiger partial charge in [0.2, 0.25) is 0 Å². The van der Waals surface area contributed by atoms with Gasteiger partial charge in [-0.05, 0) is 35.4 Å². The van der Waals surface area contributed by atoms with Crippen molar-refractivity contribution in [3.05, 3.63) is 113 Å². The molecule has 0 aliphatic carbocycles. The molecule has 0 saturated carbocycles. The first-order chi connectivity index (χ1) is 15.7. The van der Waals surface area contributed by atoms with E-state index in [9.17, 15) is 9.90 Å². The van der Waals surface area contributed by atoms with Gasteiger partial charge < -0.3 is 9.84 Å². The number of aliphatic imine (C=N–C) groups is 1. The molecule has 1 N–H and O–H groups in total. The van der Waals surface area contributed by atoms with E-state index in [1.54, 1.807) is 24.3 Å². The molecule has 0 bridgehead atoms. The summed E-state index contributed by atoms with van der Waals surface area (Å²) in [4.78, 5) is 17.6. The molecule has 1 amide bonds. The molecule has 0 spiro atoms. The van der Waals surface area contributed by atoms with Gasteiger partial charge in [-0.1, -0.05) is 72.8 Å². The molecule has 0 aromatic heterocycles. The summed E-state index contributed by atoms with van der Waals surface area (Å²) in [5.74, 6) is 0.467. The molecule has 3 aromatic rings. The Morgan fingerprint density at radius 2 is 1.69 bits per heavy atom. The fraction of sp³-hybridized carbons (Fsp3) is 0.0385. The molecular weight excluding hydrogens is 402 g/mol. The lowest BCUT2D eigenvalue weighted by molar-refractivity contribution is -0.122. The van der Waals surface area contributed by atoms with Crippen LogP contribution in [0.3, 0.4) is 0 Å². The Kier molecular flexibility index (Phi) is 6.22. The number of hydrogen-bond donors (Lipinski definition) is 1. The molecule has 1 aliphatic rings. The first kappa shape index (κ1) is 20.8. The number of amidine groups is 1. The van der Waals surface area contributed by atoms with Gasteiger partial charge in [0.15, 0.2) is 17.3 Å². The molecule has 1 aliphatic heterocycles. The molecule has 6 heteroatoms. The Bertz CT molecular complexity index is 1230. The Morgan fingerprint density at radius 3 is 2.41 bits per heavy atom. The quantitative estimate of drug-likeness (QED) is 0.464. The first-order valence-electron chi connectivity index (χ1n) is 9.98. The van der Waals surface area contributed by atoms with Crippen LogP contribution in [0.2, 0.25) is 0 Å². The van der Waals surface area contributed by atoms with Crippen LogP contribution in [-0.4, -0.2) is 35.2 Å². The number of phenolic OH excluding ortho intramolecular Hbond substituents is 1. The van der Waals surface area contributed by atoms with E-state index in [0.29, 0.717) is 17.1 Å². The van der Waals surface area contributed by atoms with E-state index in [0.717, 1.165) is 11.1 Å². The molecule has 0 saturated heterocycles. The number of aromatic hydroxyl groups is 1. The number of methoxy groups -OCH3 is 1.